The van der Waals surface area contributed by atoms with Crippen LogP contribution in [0, 0.1) is 12.7 Å². The molecule has 94 valence electrons. The van der Waals surface area contributed by atoms with Gasteiger partial charge in [0.2, 0.25) is 0 Å². The first-order chi connectivity index (χ1) is 8.58. The van der Waals surface area contributed by atoms with Crippen molar-refractivity contribution in [2.24, 2.45) is 0 Å². The third-order valence-corrected chi connectivity index (χ3v) is 2.44. The number of nitrogen functional groups attached to an aromatic ring is 1. The molecule has 0 atom stereocenters. The lowest BCUT2D eigenvalue weighted by molar-refractivity contribution is 0.0943. The molecule has 0 spiro atoms. The molecule has 3 N–H and O–H groups in total. The van der Waals surface area contributed by atoms with Gasteiger partial charge in [-0.25, -0.2) is 4.39 Å². The maximum atomic E-state index is 13.7. The first kappa shape index (κ1) is 12.1. The topological polar surface area (TPSA) is 81.2 Å². The molecule has 0 aliphatic carbocycles. The molecule has 2 aromatic rings. The number of benzene rings is 1. The van der Waals surface area contributed by atoms with Gasteiger partial charge in [-0.1, -0.05) is 5.16 Å². The zero-order valence-electron chi connectivity index (χ0n) is 9.74. The molecule has 0 unspecified atom stereocenters. The van der Waals surface area contributed by atoms with Crippen LogP contribution in [0.2, 0.25) is 0 Å². The molecular formula is C12H12FN3O2. The summed E-state index contributed by atoms with van der Waals surface area (Å²) >= 11 is 0. The van der Waals surface area contributed by atoms with E-state index in [0.29, 0.717) is 17.0 Å². The number of nitrogens with one attached hydrogen (secondary N) is 1. The van der Waals surface area contributed by atoms with E-state index in [4.69, 9.17) is 10.3 Å². The van der Waals surface area contributed by atoms with E-state index in [-0.39, 0.29) is 12.1 Å². The van der Waals surface area contributed by atoms with E-state index in [9.17, 15) is 9.18 Å². The average Bonchev–Trinajstić information content (AvgIpc) is 2.83. The fourth-order valence-electron chi connectivity index (χ4n) is 1.56. The Bertz CT molecular complexity index is 567. The minimum Gasteiger partial charge on any atom is -0.399 e. The third-order valence-electron chi connectivity index (χ3n) is 2.44. The van der Waals surface area contributed by atoms with Crippen molar-refractivity contribution in [3.8, 4) is 0 Å². The van der Waals surface area contributed by atoms with Crippen LogP contribution in [0.5, 0.6) is 0 Å². The molecule has 2 rings (SSSR count). The predicted molar refractivity (Wildman–Crippen MR) is 63.2 cm³/mol. The molecule has 0 fully saturated rings. The van der Waals surface area contributed by atoms with Crippen LogP contribution in [0.15, 0.2) is 28.9 Å². The Morgan fingerprint density at radius 3 is 3.00 bits per heavy atom. The number of hydrogen-bond acceptors (Lipinski definition) is 4. The molecule has 1 aromatic heterocycles. The van der Waals surface area contributed by atoms with Crippen molar-refractivity contribution in [1.29, 1.82) is 0 Å². The third kappa shape index (κ3) is 2.48. The van der Waals surface area contributed by atoms with Gasteiger partial charge in [-0.2, -0.15) is 0 Å². The number of nitrogens with two attached hydrogens (primary N) is 1. The van der Waals surface area contributed by atoms with Gasteiger partial charge in [0.05, 0.1) is 18.3 Å². The van der Waals surface area contributed by atoms with E-state index in [0.717, 1.165) is 0 Å². The molecule has 0 aliphatic heterocycles. The largest absolute Gasteiger partial charge is 0.399 e. The van der Waals surface area contributed by atoms with Crippen molar-refractivity contribution in [3.63, 3.8) is 0 Å². The molecular weight excluding hydrogens is 237 g/mol. The Morgan fingerprint density at radius 1 is 1.56 bits per heavy atom. The average molecular weight is 249 g/mol. The fraction of sp³-hybridized carbons (Fsp3) is 0.167. The quantitative estimate of drug-likeness (QED) is 0.810. The molecule has 0 saturated heterocycles. The van der Waals surface area contributed by atoms with Crippen LogP contribution in [0.1, 0.15) is 21.7 Å². The lowest BCUT2D eigenvalue weighted by Crippen LogP contribution is -2.24. The summed E-state index contributed by atoms with van der Waals surface area (Å²) in [6.45, 7) is 1.70. The highest BCUT2D eigenvalue weighted by Crippen LogP contribution is 2.17. The number of carbonyl (C=O) groups is 1. The van der Waals surface area contributed by atoms with E-state index >= 15 is 0 Å². The Balaban J connectivity index is 2.14. The fourth-order valence-corrected chi connectivity index (χ4v) is 1.56. The Kier molecular flexibility index (Phi) is 3.27. The smallest absolute Gasteiger partial charge is 0.254 e. The molecule has 0 bridgehead atoms. The maximum absolute atomic E-state index is 13.7. The van der Waals surface area contributed by atoms with Crippen LogP contribution < -0.4 is 11.1 Å². The number of aryl methyl sites for hydroxylation is 1. The van der Waals surface area contributed by atoms with Gasteiger partial charge in [0.15, 0.2) is 5.76 Å². The van der Waals surface area contributed by atoms with E-state index in [2.05, 4.69) is 10.5 Å². The molecule has 0 radical (unpaired) electrons. The second-order valence-electron chi connectivity index (χ2n) is 3.86. The number of rotatable bonds is 3. The summed E-state index contributed by atoms with van der Waals surface area (Å²) in [5.74, 6) is -0.622. The van der Waals surface area contributed by atoms with Gasteiger partial charge in [0, 0.05) is 11.8 Å². The zero-order chi connectivity index (χ0) is 13.1. The Morgan fingerprint density at radius 2 is 2.33 bits per heavy atom. The van der Waals surface area contributed by atoms with Gasteiger partial charge in [-0.05, 0) is 24.6 Å². The maximum Gasteiger partial charge on any atom is 0.254 e. The van der Waals surface area contributed by atoms with Gasteiger partial charge >= 0.3 is 0 Å². The summed E-state index contributed by atoms with van der Waals surface area (Å²) in [7, 11) is 0. The van der Waals surface area contributed by atoms with Crippen LogP contribution in [-0.2, 0) is 6.54 Å². The second kappa shape index (κ2) is 4.87. The molecule has 0 aliphatic rings. The number of anilines is 1. The predicted octanol–water partition coefficient (Wildman–Crippen LogP) is 1.63. The second-order valence-corrected chi connectivity index (χ2v) is 3.86. The van der Waals surface area contributed by atoms with Crippen molar-refractivity contribution < 1.29 is 13.7 Å². The normalized spacial score (nSPS) is 10.3. The number of hydrogen-bond donors (Lipinski definition) is 2. The summed E-state index contributed by atoms with van der Waals surface area (Å²) in [6, 6.07) is 4.39. The van der Waals surface area contributed by atoms with Gasteiger partial charge in [-0.15, -0.1) is 0 Å². The molecule has 0 saturated carbocycles. The molecule has 1 aromatic carbocycles. The lowest BCUT2D eigenvalue weighted by Gasteiger charge is -2.07. The first-order valence-electron chi connectivity index (χ1n) is 5.31. The van der Waals surface area contributed by atoms with E-state index in [1.165, 1.54) is 18.3 Å². The van der Waals surface area contributed by atoms with Crippen molar-refractivity contribution in [3.05, 3.63) is 47.1 Å². The van der Waals surface area contributed by atoms with Crippen LogP contribution in [0.3, 0.4) is 0 Å². The summed E-state index contributed by atoms with van der Waals surface area (Å²) in [6.07, 6.45) is 1.47. The SMILES string of the molecule is Cc1cc(N)cc(C(=O)NCc2ccno2)c1F. The van der Waals surface area contributed by atoms with Gasteiger partial charge in [0.25, 0.3) is 5.91 Å². The van der Waals surface area contributed by atoms with Crippen LogP contribution in [-0.4, -0.2) is 11.1 Å². The Labute approximate surface area is 103 Å². The van der Waals surface area contributed by atoms with E-state index in [1.54, 1.807) is 13.0 Å². The van der Waals surface area contributed by atoms with Crippen molar-refractivity contribution in [2.45, 2.75) is 13.5 Å². The van der Waals surface area contributed by atoms with Crippen LogP contribution in [0.4, 0.5) is 10.1 Å². The number of halogens is 1. The van der Waals surface area contributed by atoms with Crippen LogP contribution >= 0.6 is 0 Å². The number of carbonyl (C=O) groups excluding carboxylic acids is 1. The van der Waals surface area contributed by atoms with Crippen molar-refractivity contribution in [2.75, 3.05) is 5.73 Å². The van der Waals surface area contributed by atoms with Gasteiger partial charge < -0.3 is 15.6 Å². The summed E-state index contributed by atoms with van der Waals surface area (Å²) in [5, 5.41) is 6.03. The van der Waals surface area contributed by atoms with E-state index in [1.807, 2.05) is 0 Å². The van der Waals surface area contributed by atoms with Gasteiger partial charge in [-0.3, -0.25) is 4.79 Å². The minimum atomic E-state index is -0.570. The monoisotopic (exact) mass is 249 g/mol. The van der Waals surface area contributed by atoms with Crippen LogP contribution in [0.25, 0.3) is 0 Å². The highest BCUT2D eigenvalue weighted by Gasteiger charge is 2.14. The summed E-state index contributed by atoms with van der Waals surface area (Å²) < 4.78 is 18.6. The summed E-state index contributed by atoms with van der Waals surface area (Å²) in [4.78, 5) is 11.8. The molecule has 18 heavy (non-hydrogen) atoms. The standard InChI is InChI=1S/C12H12FN3O2/c1-7-4-8(14)5-10(11(7)13)12(17)15-6-9-2-3-16-18-9/h2-5H,6,14H2,1H3,(H,15,17). The van der Waals surface area contributed by atoms with Crippen molar-refractivity contribution in [1.82, 2.24) is 10.5 Å². The highest BCUT2D eigenvalue weighted by molar-refractivity contribution is 5.95. The van der Waals surface area contributed by atoms with Gasteiger partial charge in [0.1, 0.15) is 5.82 Å². The number of nitrogens with zero attached hydrogens (tertiary/aromatic N) is 1. The Hall–Kier alpha value is -2.37. The number of amides is 1. The van der Waals surface area contributed by atoms with Crippen molar-refractivity contribution >= 4 is 11.6 Å². The lowest BCUT2D eigenvalue weighted by atomic mass is 10.1. The molecule has 5 nitrogen and oxygen atoms in total. The minimum absolute atomic E-state index is 0.0768. The zero-order valence-corrected chi connectivity index (χ0v) is 9.74. The highest BCUT2D eigenvalue weighted by atomic mass is 19.1. The first-order valence-corrected chi connectivity index (χ1v) is 5.31. The number of aromatic nitrogens is 1. The molecule has 1 heterocycles. The summed E-state index contributed by atoms with van der Waals surface area (Å²) in [5.41, 5.74) is 6.18. The molecule has 6 heteroatoms. The van der Waals surface area contributed by atoms with E-state index < -0.39 is 11.7 Å². The molecule has 1 amide bonds.